The average molecular weight is 322 g/mol. The summed E-state index contributed by atoms with van der Waals surface area (Å²) >= 11 is 0. The van der Waals surface area contributed by atoms with Crippen LogP contribution < -0.4 is 10.1 Å². The minimum absolute atomic E-state index is 0.0369. The van der Waals surface area contributed by atoms with Crippen molar-refractivity contribution in [3.05, 3.63) is 29.6 Å². The van der Waals surface area contributed by atoms with E-state index in [2.05, 4.69) is 17.1 Å². The fraction of sp³-hybridized carbons (Fsp3) is 0.611. The Bertz CT molecular complexity index is 522. The van der Waals surface area contributed by atoms with Crippen LogP contribution in [-0.4, -0.2) is 44.1 Å². The Morgan fingerprint density at radius 2 is 2.30 bits per heavy atom. The lowest BCUT2D eigenvalue weighted by Crippen LogP contribution is -2.40. The number of likely N-dealkylation sites (tertiary alicyclic amines) is 1. The number of rotatable bonds is 7. The van der Waals surface area contributed by atoms with E-state index in [-0.39, 0.29) is 17.5 Å². The highest BCUT2D eigenvalue weighted by Crippen LogP contribution is 2.18. The summed E-state index contributed by atoms with van der Waals surface area (Å²) in [6, 6.07) is 4.84. The third-order valence-electron chi connectivity index (χ3n) is 4.50. The second-order valence-electron chi connectivity index (χ2n) is 6.17. The molecule has 1 N–H and O–H groups in total. The Kier molecular flexibility index (Phi) is 6.84. The Morgan fingerprint density at radius 1 is 1.48 bits per heavy atom. The van der Waals surface area contributed by atoms with Crippen molar-refractivity contribution in [2.75, 3.05) is 33.3 Å². The van der Waals surface area contributed by atoms with Crippen molar-refractivity contribution in [3.8, 4) is 5.75 Å². The molecule has 0 radical (unpaired) electrons. The average Bonchev–Trinajstić information content (AvgIpc) is 2.58. The first-order chi connectivity index (χ1) is 11.1. The lowest BCUT2D eigenvalue weighted by molar-refractivity contribution is -0.121. The van der Waals surface area contributed by atoms with Gasteiger partial charge < -0.3 is 15.0 Å². The van der Waals surface area contributed by atoms with Crippen LogP contribution in [0.4, 0.5) is 4.39 Å². The molecule has 23 heavy (non-hydrogen) atoms. The number of carbonyl (C=O) groups excluding carboxylic acids is 1. The summed E-state index contributed by atoms with van der Waals surface area (Å²) in [6.45, 7) is 6.24. The summed E-state index contributed by atoms with van der Waals surface area (Å²) in [4.78, 5) is 14.4. The summed E-state index contributed by atoms with van der Waals surface area (Å²) in [7, 11) is 1.44. The highest BCUT2D eigenvalue weighted by Gasteiger charge is 2.19. The number of amides is 1. The number of methoxy groups -OCH3 is 1. The van der Waals surface area contributed by atoms with Crippen molar-refractivity contribution in [3.63, 3.8) is 0 Å². The molecule has 2 rings (SSSR count). The van der Waals surface area contributed by atoms with Crippen molar-refractivity contribution in [2.24, 2.45) is 5.92 Å². The molecule has 1 aliphatic heterocycles. The molecular weight excluding hydrogens is 295 g/mol. The predicted molar refractivity (Wildman–Crippen MR) is 89.1 cm³/mol. The van der Waals surface area contributed by atoms with E-state index in [0.29, 0.717) is 18.8 Å². The topological polar surface area (TPSA) is 41.6 Å². The van der Waals surface area contributed by atoms with E-state index in [4.69, 9.17) is 4.74 Å². The van der Waals surface area contributed by atoms with Crippen LogP contribution in [0.25, 0.3) is 0 Å². The SMILES string of the molecule is CCN1CCC[C@H](CNC(=O)CCc2ccc(OC)c(F)c2)C1. The van der Waals surface area contributed by atoms with Gasteiger partial charge in [0, 0.05) is 19.5 Å². The molecule has 1 atom stereocenters. The molecule has 4 nitrogen and oxygen atoms in total. The van der Waals surface area contributed by atoms with Crippen molar-refractivity contribution in [1.29, 1.82) is 0 Å². The number of nitrogens with zero attached hydrogens (tertiary/aromatic N) is 1. The fourth-order valence-corrected chi connectivity index (χ4v) is 3.07. The van der Waals surface area contributed by atoms with Crippen molar-refractivity contribution in [1.82, 2.24) is 10.2 Å². The van der Waals surface area contributed by atoms with Crippen LogP contribution in [0, 0.1) is 11.7 Å². The van der Waals surface area contributed by atoms with Gasteiger partial charge in [-0.05, 0) is 56.0 Å². The zero-order valence-electron chi connectivity index (χ0n) is 14.1. The van der Waals surface area contributed by atoms with Gasteiger partial charge in [0.1, 0.15) is 0 Å². The number of halogens is 1. The van der Waals surface area contributed by atoms with Gasteiger partial charge in [0.05, 0.1) is 7.11 Å². The minimum Gasteiger partial charge on any atom is -0.494 e. The summed E-state index contributed by atoms with van der Waals surface area (Å²) in [5.41, 5.74) is 0.813. The molecule has 0 unspecified atom stereocenters. The molecule has 0 aliphatic carbocycles. The monoisotopic (exact) mass is 322 g/mol. The Balaban J connectivity index is 1.71. The molecule has 1 aliphatic rings. The summed E-state index contributed by atoms with van der Waals surface area (Å²) in [5.74, 6) is 0.434. The van der Waals surface area contributed by atoms with Gasteiger partial charge in [0.2, 0.25) is 5.91 Å². The lowest BCUT2D eigenvalue weighted by atomic mass is 9.98. The minimum atomic E-state index is -0.382. The van der Waals surface area contributed by atoms with E-state index >= 15 is 0 Å². The first-order valence-electron chi connectivity index (χ1n) is 8.43. The number of hydrogen-bond donors (Lipinski definition) is 1. The van der Waals surface area contributed by atoms with Crippen LogP contribution in [0.3, 0.4) is 0 Å². The molecule has 5 heteroatoms. The molecule has 0 spiro atoms. The number of aryl methyl sites for hydroxylation is 1. The number of ether oxygens (including phenoxy) is 1. The number of benzene rings is 1. The van der Waals surface area contributed by atoms with Gasteiger partial charge in [-0.3, -0.25) is 4.79 Å². The number of hydrogen-bond acceptors (Lipinski definition) is 3. The summed E-state index contributed by atoms with van der Waals surface area (Å²) in [5, 5.41) is 3.02. The molecule has 0 saturated carbocycles. The van der Waals surface area contributed by atoms with E-state index in [0.717, 1.165) is 25.2 Å². The van der Waals surface area contributed by atoms with Crippen LogP contribution in [0.2, 0.25) is 0 Å². The van der Waals surface area contributed by atoms with Gasteiger partial charge in [-0.1, -0.05) is 13.0 Å². The first-order valence-corrected chi connectivity index (χ1v) is 8.43. The summed E-state index contributed by atoms with van der Waals surface area (Å²) in [6.07, 6.45) is 3.31. The molecule has 1 fully saturated rings. The van der Waals surface area contributed by atoms with E-state index in [1.165, 1.54) is 32.6 Å². The largest absolute Gasteiger partial charge is 0.494 e. The quantitative estimate of drug-likeness (QED) is 0.839. The lowest BCUT2D eigenvalue weighted by Gasteiger charge is -2.31. The second kappa shape index (κ2) is 8.87. The second-order valence-corrected chi connectivity index (χ2v) is 6.17. The van der Waals surface area contributed by atoms with E-state index < -0.39 is 0 Å². The maximum absolute atomic E-state index is 13.6. The molecule has 0 aromatic heterocycles. The van der Waals surface area contributed by atoms with Crippen LogP contribution in [0.5, 0.6) is 5.75 Å². The smallest absolute Gasteiger partial charge is 0.220 e. The highest BCUT2D eigenvalue weighted by atomic mass is 19.1. The third kappa shape index (κ3) is 5.50. The molecule has 0 bridgehead atoms. The maximum atomic E-state index is 13.6. The Morgan fingerprint density at radius 3 is 3.00 bits per heavy atom. The van der Waals surface area contributed by atoms with Crippen LogP contribution in [0.1, 0.15) is 31.7 Å². The van der Waals surface area contributed by atoms with Gasteiger partial charge in [-0.15, -0.1) is 0 Å². The van der Waals surface area contributed by atoms with Gasteiger partial charge >= 0.3 is 0 Å². The number of nitrogens with one attached hydrogen (secondary N) is 1. The van der Waals surface area contributed by atoms with E-state index in [1.54, 1.807) is 12.1 Å². The molecule has 1 heterocycles. The van der Waals surface area contributed by atoms with Gasteiger partial charge in [0.15, 0.2) is 11.6 Å². The standard InChI is InChI=1S/C18H27FN2O2/c1-3-21-10-4-5-15(13-21)12-20-18(22)9-7-14-6-8-17(23-2)16(19)11-14/h6,8,11,15H,3-5,7,9-10,12-13H2,1-2H3,(H,20,22)/t15-/m1/s1. The first kappa shape index (κ1) is 17.7. The molecule has 1 aromatic carbocycles. The van der Waals surface area contributed by atoms with Crippen LogP contribution in [0.15, 0.2) is 18.2 Å². The van der Waals surface area contributed by atoms with Gasteiger partial charge in [-0.2, -0.15) is 0 Å². The normalized spacial score (nSPS) is 18.7. The maximum Gasteiger partial charge on any atom is 0.220 e. The van der Waals surface area contributed by atoms with Gasteiger partial charge in [-0.25, -0.2) is 4.39 Å². The van der Waals surface area contributed by atoms with Gasteiger partial charge in [0.25, 0.3) is 0 Å². The number of piperidine rings is 1. The van der Waals surface area contributed by atoms with E-state index in [1.807, 2.05) is 0 Å². The molecular formula is C18H27FN2O2. The molecule has 128 valence electrons. The fourth-order valence-electron chi connectivity index (χ4n) is 3.07. The summed E-state index contributed by atoms with van der Waals surface area (Å²) < 4.78 is 18.5. The number of carbonyl (C=O) groups is 1. The van der Waals surface area contributed by atoms with Crippen molar-refractivity contribution in [2.45, 2.75) is 32.6 Å². The zero-order chi connectivity index (χ0) is 16.7. The third-order valence-corrected chi connectivity index (χ3v) is 4.50. The van der Waals surface area contributed by atoms with Crippen LogP contribution >= 0.6 is 0 Å². The molecule has 1 amide bonds. The predicted octanol–water partition coefficient (Wildman–Crippen LogP) is 2.62. The van der Waals surface area contributed by atoms with Crippen molar-refractivity contribution < 1.29 is 13.9 Å². The van der Waals surface area contributed by atoms with Crippen molar-refractivity contribution >= 4 is 5.91 Å². The zero-order valence-corrected chi connectivity index (χ0v) is 14.1. The highest BCUT2D eigenvalue weighted by molar-refractivity contribution is 5.76. The van der Waals surface area contributed by atoms with Crippen LogP contribution in [-0.2, 0) is 11.2 Å². The Labute approximate surface area is 138 Å². The molecule has 1 saturated heterocycles. The molecule has 1 aromatic rings. The Hall–Kier alpha value is -1.62. The van der Waals surface area contributed by atoms with E-state index in [9.17, 15) is 9.18 Å².